The summed E-state index contributed by atoms with van der Waals surface area (Å²) < 4.78 is 4.94. The first-order valence-electron chi connectivity index (χ1n) is 6.24. The van der Waals surface area contributed by atoms with E-state index in [0.29, 0.717) is 24.5 Å². The van der Waals surface area contributed by atoms with Crippen molar-refractivity contribution in [1.82, 2.24) is 15.2 Å². The molecule has 0 atom stereocenters. The van der Waals surface area contributed by atoms with E-state index in [4.69, 9.17) is 9.52 Å². The Morgan fingerprint density at radius 3 is 2.95 bits per heavy atom. The maximum Gasteiger partial charge on any atom is 0.355 e. The number of carbonyl (C=O) groups is 2. The smallest absolute Gasteiger partial charge is 0.355 e. The van der Waals surface area contributed by atoms with Crippen molar-refractivity contribution < 1.29 is 19.1 Å². The highest BCUT2D eigenvalue weighted by atomic mass is 32.1. The van der Waals surface area contributed by atoms with Gasteiger partial charge in [-0.1, -0.05) is 0 Å². The number of carbonyl (C=O) groups excluding carboxylic acids is 1. The number of nitrogens with one attached hydrogen (secondary N) is 1. The number of thiazole rings is 1. The van der Waals surface area contributed by atoms with Crippen LogP contribution in [-0.2, 0) is 13.0 Å². The van der Waals surface area contributed by atoms with Crippen LogP contribution in [0.15, 0.2) is 28.4 Å². The molecule has 2 aromatic rings. The summed E-state index contributed by atoms with van der Waals surface area (Å²) in [5.41, 5.74) is 0.956. The molecule has 0 spiro atoms. The average Bonchev–Trinajstić information content (AvgIpc) is 3.09. The van der Waals surface area contributed by atoms with Crippen molar-refractivity contribution in [3.8, 4) is 0 Å². The maximum atomic E-state index is 11.8. The average molecular weight is 309 g/mol. The fourth-order valence-electron chi connectivity index (χ4n) is 1.66. The van der Waals surface area contributed by atoms with E-state index in [1.165, 1.54) is 21.6 Å². The fraction of sp³-hybridized carbons (Fsp3) is 0.308. The van der Waals surface area contributed by atoms with Gasteiger partial charge in [0.25, 0.3) is 0 Å². The second-order valence-electron chi connectivity index (χ2n) is 4.40. The minimum atomic E-state index is -1.04. The highest BCUT2D eigenvalue weighted by Gasteiger charge is 2.11. The van der Waals surface area contributed by atoms with Crippen molar-refractivity contribution in [1.29, 1.82) is 0 Å². The van der Waals surface area contributed by atoms with Crippen LogP contribution in [0.3, 0.4) is 0 Å². The largest absolute Gasteiger partial charge is 0.476 e. The summed E-state index contributed by atoms with van der Waals surface area (Å²) in [6.45, 7) is 0.865. The number of furan rings is 1. The van der Waals surface area contributed by atoms with Gasteiger partial charge < -0.3 is 19.7 Å². The number of amides is 2. The molecule has 0 aliphatic rings. The van der Waals surface area contributed by atoms with Gasteiger partial charge >= 0.3 is 12.0 Å². The van der Waals surface area contributed by atoms with Crippen LogP contribution in [0.2, 0.25) is 0 Å². The Balaban J connectivity index is 1.74. The third-order valence-corrected chi connectivity index (χ3v) is 3.64. The second-order valence-corrected chi connectivity index (χ2v) is 5.34. The van der Waals surface area contributed by atoms with Crippen molar-refractivity contribution >= 4 is 23.3 Å². The lowest BCUT2D eigenvalue weighted by Gasteiger charge is -2.16. The Bertz CT molecular complexity index is 609. The predicted octanol–water partition coefficient (Wildman–Crippen LogP) is 1.82. The van der Waals surface area contributed by atoms with Gasteiger partial charge in [0.1, 0.15) is 0 Å². The molecule has 2 amide bonds. The Morgan fingerprint density at radius 1 is 1.52 bits per heavy atom. The molecule has 8 heteroatoms. The van der Waals surface area contributed by atoms with Crippen molar-refractivity contribution in [3.05, 3.63) is 40.2 Å². The summed E-state index contributed by atoms with van der Waals surface area (Å²) in [7, 11) is 1.69. The molecule has 2 rings (SSSR count). The summed E-state index contributed by atoms with van der Waals surface area (Å²) >= 11 is 1.27. The minimum Gasteiger partial charge on any atom is -0.476 e. The van der Waals surface area contributed by atoms with E-state index in [1.807, 2.05) is 0 Å². The van der Waals surface area contributed by atoms with Gasteiger partial charge in [0.2, 0.25) is 0 Å². The lowest BCUT2D eigenvalue weighted by Crippen LogP contribution is -2.37. The van der Waals surface area contributed by atoms with Gasteiger partial charge in [0.05, 0.1) is 24.1 Å². The van der Waals surface area contributed by atoms with Crippen molar-refractivity contribution in [2.75, 3.05) is 13.6 Å². The van der Waals surface area contributed by atoms with Crippen molar-refractivity contribution in [2.45, 2.75) is 13.0 Å². The first kappa shape index (κ1) is 15.0. The zero-order valence-corrected chi connectivity index (χ0v) is 12.2. The van der Waals surface area contributed by atoms with Gasteiger partial charge in [-0.15, -0.1) is 11.3 Å². The summed E-state index contributed by atoms with van der Waals surface area (Å²) in [5, 5.41) is 13.7. The molecule has 21 heavy (non-hydrogen) atoms. The molecule has 2 aromatic heterocycles. The van der Waals surface area contributed by atoms with Crippen LogP contribution in [0.5, 0.6) is 0 Å². The number of hydrogen-bond donors (Lipinski definition) is 2. The minimum absolute atomic E-state index is 0.0402. The molecule has 7 nitrogen and oxygen atoms in total. The summed E-state index contributed by atoms with van der Waals surface area (Å²) in [6, 6.07) is 1.60. The number of carboxylic acids is 1. The van der Waals surface area contributed by atoms with Gasteiger partial charge in [-0.25, -0.2) is 14.6 Å². The van der Waals surface area contributed by atoms with E-state index >= 15 is 0 Å². The van der Waals surface area contributed by atoms with E-state index in [2.05, 4.69) is 10.3 Å². The van der Waals surface area contributed by atoms with Crippen LogP contribution in [0.25, 0.3) is 0 Å². The molecule has 2 N–H and O–H groups in total. The molecule has 0 bridgehead atoms. The Morgan fingerprint density at radius 2 is 2.33 bits per heavy atom. The van der Waals surface area contributed by atoms with Crippen molar-refractivity contribution in [2.24, 2.45) is 0 Å². The highest BCUT2D eigenvalue weighted by Crippen LogP contribution is 2.10. The molecular formula is C13H15N3O4S. The molecule has 0 radical (unpaired) electrons. The summed E-state index contributed by atoms with van der Waals surface area (Å²) in [5.74, 6) is -1.04. The normalized spacial score (nSPS) is 10.3. The number of carboxylic acid groups (broad SMARTS) is 1. The zero-order valence-electron chi connectivity index (χ0n) is 11.4. The van der Waals surface area contributed by atoms with E-state index in [-0.39, 0.29) is 11.7 Å². The number of urea groups is 1. The van der Waals surface area contributed by atoms with Crippen LogP contribution in [0, 0.1) is 0 Å². The molecule has 0 unspecified atom stereocenters. The van der Waals surface area contributed by atoms with E-state index in [0.717, 1.165) is 5.56 Å². The van der Waals surface area contributed by atoms with Crippen LogP contribution >= 0.6 is 11.3 Å². The van der Waals surface area contributed by atoms with E-state index < -0.39 is 5.97 Å². The number of hydrogen-bond acceptors (Lipinski definition) is 5. The molecule has 0 aromatic carbocycles. The molecule has 0 fully saturated rings. The monoisotopic (exact) mass is 309 g/mol. The molecule has 0 saturated carbocycles. The molecule has 0 saturated heterocycles. The number of aromatic nitrogens is 1. The molecule has 0 aliphatic heterocycles. The Kier molecular flexibility index (Phi) is 4.94. The standard InChI is InChI=1S/C13H15N3O4S/c1-16(6-9-3-5-20-7-9)13(19)14-4-2-11-15-10(8-21-11)12(17)18/h3,5,7-8H,2,4,6H2,1H3,(H,14,19)(H,17,18). The highest BCUT2D eigenvalue weighted by molar-refractivity contribution is 7.09. The van der Waals surface area contributed by atoms with Crippen LogP contribution in [0.4, 0.5) is 4.79 Å². The predicted molar refractivity (Wildman–Crippen MR) is 76.4 cm³/mol. The third kappa shape index (κ3) is 4.32. The summed E-state index contributed by atoms with van der Waals surface area (Å²) in [4.78, 5) is 28.0. The zero-order chi connectivity index (χ0) is 15.2. The first-order chi connectivity index (χ1) is 10.1. The Labute approximate surface area is 125 Å². The molecule has 112 valence electrons. The Hall–Kier alpha value is -2.35. The number of rotatable bonds is 6. The van der Waals surface area contributed by atoms with Gasteiger partial charge in [0, 0.05) is 31.0 Å². The van der Waals surface area contributed by atoms with E-state index in [1.54, 1.807) is 25.6 Å². The molecular weight excluding hydrogens is 294 g/mol. The van der Waals surface area contributed by atoms with E-state index in [9.17, 15) is 9.59 Å². The quantitative estimate of drug-likeness (QED) is 0.848. The van der Waals surface area contributed by atoms with Gasteiger partial charge in [-0.2, -0.15) is 0 Å². The van der Waals surface area contributed by atoms with Crippen LogP contribution in [0.1, 0.15) is 21.1 Å². The molecule has 2 heterocycles. The summed E-state index contributed by atoms with van der Waals surface area (Å²) in [6.07, 6.45) is 3.65. The number of aromatic carboxylic acids is 1. The molecule has 0 aliphatic carbocycles. The van der Waals surface area contributed by atoms with Crippen LogP contribution in [-0.4, -0.2) is 40.6 Å². The number of nitrogens with zero attached hydrogens (tertiary/aromatic N) is 2. The topological polar surface area (TPSA) is 95.7 Å². The first-order valence-corrected chi connectivity index (χ1v) is 7.12. The lowest BCUT2D eigenvalue weighted by molar-refractivity contribution is 0.0691. The van der Waals surface area contributed by atoms with Gasteiger partial charge in [-0.3, -0.25) is 0 Å². The van der Waals surface area contributed by atoms with Crippen LogP contribution < -0.4 is 5.32 Å². The second kappa shape index (κ2) is 6.89. The SMILES string of the molecule is CN(Cc1ccoc1)C(=O)NCCc1nc(C(=O)O)cs1. The fourth-order valence-corrected chi connectivity index (χ4v) is 2.44. The lowest BCUT2D eigenvalue weighted by atomic mass is 10.3. The third-order valence-electron chi connectivity index (χ3n) is 2.73. The van der Waals surface area contributed by atoms with Gasteiger partial charge in [0.15, 0.2) is 5.69 Å². The van der Waals surface area contributed by atoms with Crippen molar-refractivity contribution in [3.63, 3.8) is 0 Å². The maximum absolute atomic E-state index is 11.8. The van der Waals surface area contributed by atoms with Gasteiger partial charge in [-0.05, 0) is 6.07 Å².